The van der Waals surface area contributed by atoms with Gasteiger partial charge in [-0.05, 0) is 17.7 Å². The van der Waals surface area contributed by atoms with Crippen LogP contribution in [0.1, 0.15) is 11.1 Å². The Balaban J connectivity index is 2.18. The van der Waals surface area contributed by atoms with Crippen molar-refractivity contribution >= 4 is 27.5 Å². The summed E-state index contributed by atoms with van der Waals surface area (Å²) in [5, 5.41) is 1.02. The van der Waals surface area contributed by atoms with Gasteiger partial charge in [0.1, 0.15) is 5.75 Å². The Kier molecular flexibility index (Phi) is 5.20. The van der Waals surface area contributed by atoms with E-state index in [1.807, 2.05) is 6.07 Å². The lowest BCUT2D eigenvalue weighted by atomic mass is 10.1. The fourth-order valence-corrected chi connectivity index (χ4v) is 3.06. The van der Waals surface area contributed by atoms with E-state index in [0.717, 1.165) is 17.5 Å². The highest BCUT2D eigenvalue weighted by molar-refractivity contribution is 9.09. The van der Waals surface area contributed by atoms with Gasteiger partial charge in [0.2, 0.25) is 0 Å². The van der Waals surface area contributed by atoms with Crippen molar-refractivity contribution in [2.24, 2.45) is 0 Å². The molecule has 0 bridgehead atoms. The molecule has 1 aliphatic heterocycles. The average Bonchev–Trinajstić information content (AvgIpc) is 2.74. The summed E-state index contributed by atoms with van der Waals surface area (Å²) in [5.41, 5.74) is 1.69. The second kappa shape index (κ2) is 6.54. The fraction of sp³-hybridized carbons (Fsp3) is 0.538. The molecule has 1 aromatic rings. The minimum Gasteiger partial charge on any atom is -0.493 e. The second-order valence-corrected chi connectivity index (χ2v) is 5.90. The van der Waals surface area contributed by atoms with Gasteiger partial charge >= 0.3 is 6.18 Å². The molecule has 0 amide bonds. The molecule has 0 saturated heterocycles. The van der Waals surface area contributed by atoms with Crippen LogP contribution in [0.25, 0.3) is 0 Å². The normalized spacial score (nSPS) is 14.5. The minimum absolute atomic E-state index is 0.175. The topological polar surface area (TPSA) is 12.5 Å². The van der Waals surface area contributed by atoms with Gasteiger partial charge in [0.25, 0.3) is 0 Å². The SMILES string of the molecule is FC(F)(F)CN(CCBr)Cc1cc(Cl)cc2c1OCC2. The molecule has 0 N–H and O–H groups in total. The Bertz CT molecular complexity index is 481. The first kappa shape index (κ1) is 15.9. The van der Waals surface area contributed by atoms with Gasteiger partial charge in [-0.3, -0.25) is 4.90 Å². The summed E-state index contributed by atoms with van der Waals surface area (Å²) in [6, 6.07) is 3.50. The van der Waals surface area contributed by atoms with Crippen molar-refractivity contribution < 1.29 is 17.9 Å². The van der Waals surface area contributed by atoms with Crippen LogP contribution < -0.4 is 4.74 Å². The van der Waals surface area contributed by atoms with E-state index in [1.165, 1.54) is 4.90 Å². The summed E-state index contributed by atoms with van der Waals surface area (Å²) < 4.78 is 43.2. The van der Waals surface area contributed by atoms with E-state index in [-0.39, 0.29) is 6.54 Å². The Labute approximate surface area is 129 Å². The van der Waals surface area contributed by atoms with Crippen molar-refractivity contribution in [2.45, 2.75) is 19.1 Å². The van der Waals surface area contributed by atoms with Gasteiger partial charge in [-0.2, -0.15) is 13.2 Å². The van der Waals surface area contributed by atoms with E-state index in [1.54, 1.807) is 6.07 Å². The van der Waals surface area contributed by atoms with Crippen LogP contribution in [-0.4, -0.2) is 36.1 Å². The summed E-state index contributed by atoms with van der Waals surface area (Å²) in [6.45, 7) is 0.0923. The highest BCUT2D eigenvalue weighted by atomic mass is 79.9. The predicted molar refractivity (Wildman–Crippen MR) is 75.8 cm³/mol. The molecule has 0 unspecified atom stereocenters. The van der Waals surface area contributed by atoms with E-state index < -0.39 is 12.7 Å². The molecule has 1 heterocycles. The van der Waals surface area contributed by atoms with Gasteiger partial charge in [-0.15, -0.1) is 0 Å². The van der Waals surface area contributed by atoms with Crippen LogP contribution >= 0.6 is 27.5 Å². The standard InChI is InChI=1S/C13H14BrClF3NO/c14-2-3-19(8-13(16,17)18)7-10-6-11(15)5-9-1-4-20-12(9)10/h5-6H,1-4,7-8H2. The molecule has 0 aliphatic carbocycles. The molecule has 1 aromatic carbocycles. The molecule has 1 aliphatic rings. The molecule has 0 fully saturated rings. The Morgan fingerprint density at radius 3 is 2.75 bits per heavy atom. The van der Waals surface area contributed by atoms with Gasteiger partial charge in [0.05, 0.1) is 13.2 Å². The van der Waals surface area contributed by atoms with Crippen LogP contribution in [-0.2, 0) is 13.0 Å². The Hall–Kier alpha value is -0.460. The second-order valence-electron chi connectivity index (χ2n) is 4.67. The van der Waals surface area contributed by atoms with Crippen molar-refractivity contribution in [3.05, 3.63) is 28.3 Å². The van der Waals surface area contributed by atoms with Crippen molar-refractivity contribution in [2.75, 3.05) is 25.0 Å². The smallest absolute Gasteiger partial charge is 0.401 e. The number of fused-ring (bicyclic) bond motifs is 1. The summed E-state index contributed by atoms with van der Waals surface area (Å²) in [6.07, 6.45) is -3.47. The first-order valence-corrected chi connectivity index (χ1v) is 7.68. The zero-order valence-electron chi connectivity index (χ0n) is 10.6. The van der Waals surface area contributed by atoms with E-state index in [0.29, 0.717) is 29.3 Å². The van der Waals surface area contributed by atoms with Crippen LogP contribution in [0.4, 0.5) is 13.2 Å². The number of ether oxygens (including phenoxy) is 1. The monoisotopic (exact) mass is 371 g/mol. The van der Waals surface area contributed by atoms with Crippen LogP contribution in [0, 0.1) is 0 Å². The highest BCUT2D eigenvalue weighted by Crippen LogP contribution is 2.34. The van der Waals surface area contributed by atoms with Gasteiger partial charge in [0, 0.05) is 35.4 Å². The van der Waals surface area contributed by atoms with Crippen LogP contribution in [0.5, 0.6) is 5.75 Å². The average molecular weight is 373 g/mol. The first-order chi connectivity index (χ1) is 9.39. The number of hydrogen-bond acceptors (Lipinski definition) is 2. The molecule has 7 heteroatoms. The molecule has 112 valence electrons. The van der Waals surface area contributed by atoms with Crippen molar-refractivity contribution in [3.8, 4) is 5.75 Å². The number of nitrogens with zero attached hydrogens (tertiary/aromatic N) is 1. The molecule has 2 nitrogen and oxygen atoms in total. The molecule has 2 rings (SSSR count). The lowest BCUT2D eigenvalue weighted by Crippen LogP contribution is -2.35. The van der Waals surface area contributed by atoms with E-state index in [2.05, 4.69) is 15.9 Å². The van der Waals surface area contributed by atoms with Gasteiger partial charge in [-0.1, -0.05) is 27.5 Å². The third-order valence-electron chi connectivity index (χ3n) is 3.02. The lowest BCUT2D eigenvalue weighted by Gasteiger charge is -2.23. The Morgan fingerprint density at radius 2 is 2.10 bits per heavy atom. The molecule has 20 heavy (non-hydrogen) atoms. The maximum Gasteiger partial charge on any atom is 0.401 e. The third kappa shape index (κ3) is 4.27. The van der Waals surface area contributed by atoms with Crippen molar-refractivity contribution in [1.82, 2.24) is 4.90 Å². The molecular formula is C13H14BrClF3NO. The van der Waals surface area contributed by atoms with E-state index >= 15 is 0 Å². The molecule has 0 atom stereocenters. The largest absolute Gasteiger partial charge is 0.493 e. The van der Waals surface area contributed by atoms with E-state index in [9.17, 15) is 13.2 Å². The van der Waals surface area contributed by atoms with Gasteiger partial charge < -0.3 is 4.74 Å². The molecule has 0 saturated carbocycles. The zero-order chi connectivity index (χ0) is 14.8. The van der Waals surface area contributed by atoms with Crippen LogP contribution in [0.2, 0.25) is 5.02 Å². The van der Waals surface area contributed by atoms with Gasteiger partial charge in [0.15, 0.2) is 0 Å². The quantitative estimate of drug-likeness (QED) is 0.724. The van der Waals surface area contributed by atoms with Crippen LogP contribution in [0.15, 0.2) is 12.1 Å². The Morgan fingerprint density at radius 1 is 1.35 bits per heavy atom. The maximum atomic E-state index is 12.6. The summed E-state index contributed by atoms with van der Waals surface area (Å²) in [4.78, 5) is 1.34. The maximum absolute atomic E-state index is 12.6. The summed E-state index contributed by atoms with van der Waals surface area (Å²) >= 11 is 9.20. The van der Waals surface area contributed by atoms with Crippen LogP contribution in [0.3, 0.4) is 0 Å². The molecule has 0 radical (unpaired) electrons. The number of halogens is 5. The van der Waals surface area contributed by atoms with Crippen molar-refractivity contribution in [3.63, 3.8) is 0 Å². The fourth-order valence-electron chi connectivity index (χ4n) is 2.29. The summed E-state index contributed by atoms with van der Waals surface area (Å²) in [7, 11) is 0. The molecule has 0 spiro atoms. The lowest BCUT2D eigenvalue weighted by molar-refractivity contribution is -0.146. The van der Waals surface area contributed by atoms with E-state index in [4.69, 9.17) is 16.3 Å². The molecular weight excluding hydrogens is 359 g/mol. The predicted octanol–water partition coefficient (Wildman–Crippen LogP) is 4.03. The number of rotatable bonds is 5. The highest BCUT2D eigenvalue weighted by Gasteiger charge is 2.31. The number of alkyl halides is 4. The number of hydrogen-bond donors (Lipinski definition) is 0. The first-order valence-electron chi connectivity index (χ1n) is 6.18. The molecule has 0 aromatic heterocycles. The van der Waals surface area contributed by atoms with Crippen molar-refractivity contribution in [1.29, 1.82) is 0 Å². The minimum atomic E-state index is -4.22. The van der Waals surface area contributed by atoms with Gasteiger partial charge in [-0.25, -0.2) is 0 Å². The number of benzene rings is 1. The third-order valence-corrected chi connectivity index (χ3v) is 3.60. The zero-order valence-corrected chi connectivity index (χ0v) is 13.0. The summed E-state index contributed by atoms with van der Waals surface area (Å²) in [5.74, 6) is 0.691.